The first-order valence-corrected chi connectivity index (χ1v) is 11.2. The molecule has 2 saturated heterocycles. The molecule has 2 N–H and O–H groups in total. The number of hydrogen-bond donors (Lipinski definition) is 2. The van der Waals surface area contributed by atoms with Gasteiger partial charge in [0.05, 0.1) is 26.4 Å². The second-order valence-corrected chi connectivity index (χ2v) is 8.83. The van der Waals surface area contributed by atoms with Crippen molar-refractivity contribution >= 4 is 11.9 Å². The highest BCUT2D eigenvalue weighted by Crippen LogP contribution is 2.42. The molecule has 0 amide bonds. The van der Waals surface area contributed by atoms with Crippen LogP contribution in [0.2, 0.25) is 0 Å². The van der Waals surface area contributed by atoms with Crippen molar-refractivity contribution in [3.63, 3.8) is 0 Å². The van der Waals surface area contributed by atoms with Crippen molar-refractivity contribution in [2.45, 2.75) is 25.5 Å². The predicted molar refractivity (Wildman–Crippen MR) is 120 cm³/mol. The quantitative estimate of drug-likeness (QED) is 0.499. The van der Waals surface area contributed by atoms with Crippen LogP contribution in [0.4, 0.5) is 30.7 Å². The number of aromatic nitrogens is 1. The summed E-state index contributed by atoms with van der Waals surface area (Å²) in [4.78, 5) is 24.2. The molecular weight excluding hydrogens is 545 g/mol. The van der Waals surface area contributed by atoms with Crippen molar-refractivity contribution in [3.8, 4) is 0 Å². The summed E-state index contributed by atoms with van der Waals surface area (Å²) in [6.07, 6.45) is -6.59. The van der Waals surface area contributed by atoms with Gasteiger partial charge in [-0.1, -0.05) is 12.1 Å². The smallest absolute Gasteiger partial charge is 0.475 e. The third kappa shape index (κ3) is 10.4. The number of carboxylic acids is 2. The highest BCUT2D eigenvalue weighted by atomic mass is 19.4. The van der Waals surface area contributed by atoms with Gasteiger partial charge in [-0.15, -0.1) is 0 Å². The van der Waals surface area contributed by atoms with Gasteiger partial charge in [-0.05, 0) is 35.4 Å². The standard InChI is InChI=1S/C20H23FN2O2.2C2HF3O2/c21-19-3-1-2-17(8-19)9-23-10-18-12-25-15-20(18,13-23)14-24-11-16-4-6-22-7-5-16;2*3-2(4,5)1(6)7/h1-8,18H,9-15H2;2*(H,6,7)/t18-,20-;;/m1../s1. The first-order chi connectivity index (χ1) is 18.1. The molecule has 4 rings (SSSR count). The Bertz CT molecular complexity index is 1060. The molecule has 0 unspecified atom stereocenters. The van der Waals surface area contributed by atoms with E-state index in [1.165, 1.54) is 6.07 Å². The third-order valence-corrected chi connectivity index (χ3v) is 5.78. The highest BCUT2D eigenvalue weighted by Gasteiger charge is 2.50. The van der Waals surface area contributed by atoms with Crippen LogP contribution < -0.4 is 0 Å². The van der Waals surface area contributed by atoms with Crippen molar-refractivity contribution < 1.29 is 60.0 Å². The van der Waals surface area contributed by atoms with Crippen LogP contribution in [0.25, 0.3) is 0 Å². The Kier molecular flexibility index (Phi) is 11.2. The fraction of sp³-hybridized carbons (Fsp3) is 0.458. The summed E-state index contributed by atoms with van der Waals surface area (Å²) < 4.78 is 88.7. The van der Waals surface area contributed by atoms with E-state index >= 15 is 0 Å². The van der Waals surface area contributed by atoms with Crippen LogP contribution in [-0.2, 0) is 32.2 Å². The Morgan fingerprint density at radius 3 is 2.15 bits per heavy atom. The fourth-order valence-electron chi connectivity index (χ4n) is 4.01. The number of pyridine rings is 1. The van der Waals surface area contributed by atoms with Crippen molar-refractivity contribution in [2.75, 3.05) is 32.9 Å². The number of benzene rings is 1. The zero-order valence-corrected chi connectivity index (χ0v) is 20.2. The lowest BCUT2D eigenvalue weighted by Crippen LogP contribution is -2.35. The van der Waals surface area contributed by atoms with Crippen molar-refractivity contribution in [2.24, 2.45) is 11.3 Å². The first kappa shape index (κ1) is 31.9. The lowest BCUT2D eigenvalue weighted by Gasteiger charge is -2.27. The number of carbonyl (C=O) groups is 2. The van der Waals surface area contributed by atoms with Gasteiger partial charge >= 0.3 is 24.3 Å². The molecule has 39 heavy (non-hydrogen) atoms. The zero-order chi connectivity index (χ0) is 29.3. The minimum Gasteiger partial charge on any atom is -0.475 e. The summed E-state index contributed by atoms with van der Waals surface area (Å²) in [5.41, 5.74) is 2.21. The number of carboxylic acid groups (broad SMARTS) is 2. The number of likely N-dealkylation sites (tertiary alicyclic amines) is 1. The van der Waals surface area contributed by atoms with Gasteiger partial charge in [0.1, 0.15) is 5.82 Å². The molecule has 0 bridgehead atoms. The maximum absolute atomic E-state index is 13.4. The van der Waals surface area contributed by atoms with Crippen LogP contribution >= 0.6 is 0 Å². The average Bonchev–Trinajstić information content (AvgIpc) is 3.36. The maximum Gasteiger partial charge on any atom is 0.490 e. The third-order valence-electron chi connectivity index (χ3n) is 5.78. The monoisotopic (exact) mass is 570 g/mol. The molecule has 1 aromatic heterocycles. The van der Waals surface area contributed by atoms with Gasteiger partial charge in [0.2, 0.25) is 0 Å². The molecule has 0 saturated carbocycles. The molecule has 0 aliphatic carbocycles. The number of nitrogens with zero attached hydrogens (tertiary/aromatic N) is 2. The molecule has 216 valence electrons. The van der Waals surface area contributed by atoms with Gasteiger partial charge in [0.15, 0.2) is 0 Å². The molecule has 2 aliphatic heterocycles. The fourth-order valence-corrected chi connectivity index (χ4v) is 4.01. The molecule has 1 aromatic carbocycles. The number of fused-ring (bicyclic) bond motifs is 1. The van der Waals surface area contributed by atoms with Gasteiger partial charge in [-0.3, -0.25) is 9.88 Å². The van der Waals surface area contributed by atoms with Crippen LogP contribution in [0.1, 0.15) is 11.1 Å². The van der Waals surface area contributed by atoms with E-state index in [9.17, 15) is 30.7 Å². The molecular formula is C24H25F7N2O6. The molecule has 0 radical (unpaired) electrons. The molecule has 2 fully saturated rings. The number of hydrogen-bond acceptors (Lipinski definition) is 6. The SMILES string of the molecule is Fc1cccc(CN2C[C@@H]3COC[C@]3(COCc3ccncc3)C2)c1.O=C(O)C(F)(F)F.O=C(O)C(F)(F)F. The van der Waals surface area contributed by atoms with Crippen LogP contribution in [-0.4, -0.2) is 77.3 Å². The highest BCUT2D eigenvalue weighted by molar-refractivity contribution is 5.73. The number of aliphatic carboxylic acids is 2. The second kappa shape index (κ2) is 13.7. The van der Waals surface area contributed by atoms with Crippen LogP contribution in [0.15, 0.2) is 48.8 Å². The van der Waals surface area contributed by atoms with E-state index < -0.39 is 24.3 Å². The molecule has 0 spiro atoms. The Hall–Kier alpha value is -3.30. The molecule has 3 heterocycles. The summed E-state index contributed by atoms with van der Waals surface area (Å²) in [5.74, 6) is -5.20. The Labute approximate surface area is 218 Å². The van der Waals surface area contributed by atoms with Crippen molar-refractivity contribution in [1.29, 1.82) is 0 Å². The lowest BCUT2D eigenvalue weighted by molar-refractivity contribution is -0.193. The summed E-state index contributed by atoms with van der Waals surface area (Å²) >= 11 is 0. The average molecular weight is 570 g/mol. The number of ether oxygens (including phenoxy) is 2. The van der Waals surface area contributed by atoms with Gasteiger partial charge in [-0.25, -0.2) is 14.0 Å². The van der Waals surface area contributed by atoms with Crippen molar-refractivity contribution in [3.05, 3.63) is 65.7 Å². The maximum atomic E-state index is 13.4. The Morgan fingerprint density at radius 1 is 1.03 bits per heavy atom. The minimum absolute atomic E-state index is 0.0559. The molecule has 2 atom stereocenters. The first-order valence-electron chi connectivity index (χ1n) is 11.2. The normalized spacial score (nSPS) is 20.7. The van der Waals surface area contributed by atoms with Gasteiger partial charge in [-0.2, -0.15) is 26.3 Å². The second-order valence-electron chi connectivity index (χ2n) is 8.83. The molecule has 8 nitrogen and oxygen atoms in total. The van der Waals surface area contributed by atoms with E-state index in [1.54, 1.807) is 24.5 Å². The Balaban J connectivity index is 0.000000317. The Morgan fingerprint density at radius 2 is 1.62 bits per heavy atom. The summed E-state index contributed by atoms with van der Waals surface area (Å²) in [6, 6.07) is 10.8. The van der Waals surface area contributed by atoms with Crippen LogP contribution in [0, 0.1) is 17.2 Å². The van der Waals surface area contributed by atoms with E-state index in [2.05, 4.69) is 9.88 Å². The van der Waals surface area contributed by atoms with E-state index in [-0.39, 0.29) is 11.2 Å². The minimum atomic E-state index is -5.08. The topological polar surface area (TPSA) is 109 Å². The summed E-state index contributed by atoms with van der Waals surface area (Å²) in [6.45, 7) is 5.52. The zero-order valence-electron chi connectivity index (χ0n) is 20.2. The van der Waals surface area contributed by atoms with Gasteiger partial charge < -0.3 is 19.7 Å². The van der Waals surface area contributed by atoms with Gasteiger partial charge in [0, 0.05) is 43.4 Å². The van der Waals surface area contributed by atoms with E-state index in [0.717, 1.165) is 44.0 Å². The number of rotatable bonds is 6. The van der Waals surface area contributed by atoms with E-state index in [1.807, 2.05) is 18.2 Å². The molecule has 2 aromatic rings. The van der Waals surface area contributed by atoms with E-state index in [0.29, 0.717) is 19.1 Å². The molecule has 15 heteroatoms. The van der Waals surface area contributed by atoms with Crippen LogP contribution in [0.3, 0.4) is 0 Å². The predicted octanol–water partition coefficient (Wildman–Crippen LogP) is 4.15. The summed E-state index contributed by atoms with van der Waals surface area (Å²) in [5, 5.41) is 14.2. The van der Waals surface area contributed by atoms with Crippen molar-refractivity contribution in [1.82, 2.24) is 9.88 Å². The summed E-state index contributed by atoms with van der Waals surface area (Å²) in [7, 11) is 0. The van der Waals surface area contributed by atoms with Gasteiger partial charge in [0.25, 0.3) is 0 Å². The molecule has 2 aliphatic rings. The largest absolute Gasteiger partial charge is 0.490 e. The lowest BCUT2D eigenvalue weighted by atomic mass is 9.82. The number of halogens is 7. The van der Waals surface area contributed by atoms with Crippen LogP contribution in [0.5, 0.6) is 0 Å². The number of alkyl halides is 6. The van der Waals surface area contributed by atoms with E-state index in [4.69, 9.17) is 29.3 Å².